The van der Waals surface area contributed by atoms with Crippen LogP contribution in [-0.2, 0) is 4.79 Å². The van der Waals surface area contributed by atoms with E-state index in [1.807, 2.05) is 19.1 Å². The second-order valence-electron chi connectivity index (χ2n) is 4.71. The Morgan fingerprint density at radius 1 is 1.27 bits per heavy atom. The maximum atomic E-state index is 13.0. The third kappa shape index (κ3) is 4.61. The van der Waals surface area contributed by atoms with Gasteiger partial charge in [0.2, 0.25) is 0 Å². The van der Waals surface area contributed by atoms with Crippen molar-refractivity contribution in [3.63, 3.8) is 0 Å². The van der Waals surface area contributed by atoms with Gasteiger partial charge < -0.3 is 10.1 Å². The average molecular weight is 342 g/mol. The molecule has 0 aromatic heterocycles. The Morgan fingerprint density at radius 2 is 2.05 bits per heavy atom. The lowest BCUT2D eigenvalue weighted by atomic mass is 10.1. The Morgan fingerprint density at radius 3 is 2.73 bits per heavy atom. The van der Waals surface area contributed by atoms with Gasteiger partial charge in [-0.15, -0.1) is 0 Å². The molecule has 2 aromatic carbocycles. The maximum absolute atomic E-state index is 13.0. The minimum absolute atomic E-state index is 0.0507. The van der Waals surface area contributed by atoms with Crippen molar-refractivity contribution in [3.05, 3.63) is 63.9 Å². The molecule has 116 valence electrons. The van der Waals surface area contributed by atoms with E-state index < -0.39 is 5.82 Å². The lowest BCUT2D eigenvalue weighted by Gasteiger charge is -2.15. The topological polar surface area (TPSA) is 38.3 Å². The average Bonchev–Trinajstić information content (AvgIpc) is 2.48. The van der Waals surface area contributed by atoms with Crippen LogP contribution in [0.3, 0.4) is 0 Å². The predicted octanol–water partition coefficient (Wildman–Crippen LogP) is 4.39. The molecule has 6 heteroatoms. The van der Waals surface area contributed by atoms with Crippen LogP contribution in [0.25, 0.3) is 0 Å². The van der Waals surface area contributed by atoms with Gasteiger partial charge in [-0.05, 0) is 36.8 Å². The summed E-state index contributed by atoms with van der Waals surface area (Å²) in [5.74, 6) is -0.502. The van der Waals surface area contributed by atoms with Crippen molar-refractivity contribution in [2.45, 2.75) is 13.0 Å². The molecule has 0 bridgehead atoms. The number of nitrogens with one attached hydrogen (secondary N) is 1. The van der Waals surface area contributed by atoms with E-state index in [2.05, 4.69) is 5.32 Å². The summed E-state index contributed by atoms with van der Waals surface area (Å²) in [5, 5.41) is 3.35. The first-order valence-electron chi connectivity index (χ1n) is 6.58. The van der Waals surface area contributed by atoms with Crippen LogP contribution < -0.4 is 10.1 Å². The molecule has 0 fully saturated rings. The van der Waals surface area contributed by atoms with Gasteiger partial charge in [0.05, 0.1) is 11.1 Å². The Balaban J connectivity index is 1.88. The molecular formula is C16H14Cl2FNO2. The second kappa shape index (κ2) is 7.47. The van der Waals surface area contributed by atoms with E-state index in [1.165, 1.54) is 18.2 Å². The van der Waals surface area contributed by atoms with Crippen molar-refractivity contribution in [3.8, 4) is 5.75 Å². The molecule has 0 saturated carbocycles. The molecule has 3 nitrogen and oxygen atoms in total. The monoisotopic (exact) mass is 341 g/mol. The molecule has 0 radical (unpaired) electrons. The third-order valence-corrected chi connectivity index (χ3v) is 3.51. The summed E-state index contributed by atoms with van der Waals surface area (Å²) in [7, 11) is 0. The van der Waals surface area contributed by atoms with E-state index in [0.29, 0.717) is 10.8 Å². The lowest BCUT2D eigenvalue weighted by Crippen LogP contribution is -2.31. The number of carbonyl (C=O) groups excluding carboxylic acids is 1. The minimum atomic E-state index is -0.534. The molecule has 22 heavy (non-hydrogen) atoms. The number of benzene rings is 2. The van der Waals surface area contributed by atoms with Gasteiger partial charge in [0, 0.05) is 11.1 Å². The van der Waals surface area contributed by atoms with Crippen LogP contribution in [0, 0.1) is 5.82 Å². The molecule has 0 aliphatic rings. The molecule has 0 saturated heterocycles. The zero-order chi connectivity index (χ0) is 16.1. The van der Waals surface area contributed by atoms with Gasteiger partial charge in [-0.3, -0.25) is 4.79 Å². The van der Waals surface area contributed by atoms with Crippen molar-refractivity contribution in [2.75, 3.05) is 6.61 Å². The zero-order valence-corrected chi connectivity index (χ0v) is 13.3. The minimum Gasteiger partial charge on any atom is -0.484 e. The van der Waals surface area contributed by atoms with Gasteiger partial charge in [-0.2, -0.15) is 0 Å². The fraction of sp³-hybridized carbons (Fsp3) is 0.188. The van der Waals surface area contributed by atoms with E-state index in [-0.39, 0.29) is 23.6 Å². The first-order valence-corrected chi connectivity index (χ1v) is 7.34. The Kier molecular flexibility index (Phi) is 5.63. The maximum Gasteiger partial charge on any atom is 0.258 e. The summed E-state index contributed by atoms with van der Waals surface area (Å²) in [4.78, 5) is 11.9. The summed E-state index contributed by atoms with van der Waals surface area (Å²) in [6, 6.07) is 11.0. The van der Waals surface area contributed by atoms with E-state index >= 15 is 0 Å². The van der Waals surface area contributed by atoms with E-state index in [0.717, 1.165) is 5.56 Å². The van der Waals surface area contributed by atoms with Gasteiger partial charge >= 0.3 is 0 Å². The van der Waals surface area contributed by atoms with Crippen molar-refractivity contribution in [1.82, 2.24) is 5.32 Å². The van der Waals surface area contributed by atoms with Crippen molar-refractivity contribution < 1.29 is 13.9 Å². The standard InChI is InChI=1S/C16H14Cl2FNO2/c1-10(11-3-2-4-12(17)7-11)20-16(21)9-22-13-5-6-15(19)14(18)8-13/h2-8,10H,9H2,1H3,(H,20,21). The fourth-order valence-electron chi connectivity index (χ4n) is 1.86. The normalized spacial score (nSPS) is 11.8. The number of ether oxygens (including phenoxy) is 1. The highest BCUT2D eigenvalue weighted by Gasteiger charge is 2.11. The molecule has 1 N–H and O–H groups in total. The Bertz CT molecular complexity index is 679. The molecule has 0 aliphatic heterocycles. The molecule has 1 amide bonds. The highest BCUT2D eigenvalue weighted by Crippen LogP contribution is 2.21. The second-order valence-corrected chi connectivity index (χ2v) is 5.55. The number of rotatable bonds is 5. The van der Waals surface area contributed by atoms with E-state index in [9.17, 15) is 9.18 Å². The van der Waals surface area contributed by atoms with Crippen LogP contribution in [0.2, 0.25) is 10.0 Å². The zero-order valence-electron chi connectivity index (χ0n) is 11.8. The number of hydrogen-bond acceptors (Lipinski definition) is 2. The highest BCUT2D eigenvalue weighted by molar-refractivity contribution is 6.31. The molecular weight excluding hydrogens is 328 g/mol. The van der Waals surface area contributed by atoms with Crippen molar-refractivity contribution in [2.24, 2.45) is 0 Å². The van der Waals surface area contributed by atoms with Crippen molar-refractivity contribution in [1.29, 1.82) is 0 Å². The largest absolute Gasteiger partial charge is 0.484 e. The van der Waals surface area contributed by atoms with Gasteiger partial charge in [0.1, 0.15) is 11.6 Å². The highest BCUT2D eigenvalue weighted by atomic mass is 35.5. The molecule has 2 rings (SSSR count). The quantitative estimate of drug-likeness (QED) is 0.875. The van der Waals surface area contributed by atoms with Gasteiger partial charge in [-0.1, -0.05) is 35.3 Å². The molecule has 0 heterocycles. The first-order chi connectivity index (χ1) is 10.5. The smallest absolute Gasteiger partial charge is 0.258 e. The van der Waals surface area contributed by atoms with Gasteiger partial charge in [0.25, 0.3) is 5.91 Å². The number of amides is 1. The molecule has 2 aromatic rings. The van der Waals surface area contributed by atoms with E-state index in [4.69, 9.17) is 27.9 Å². The summed E-state index contributed by atoms with van der Waals surface area (Å²) in [6.07, 6.45) is 0. The molecule has 0 aliphatic carbocycles. The molecule has 1 unspecified atom stereocenters. The predicted molar refractivity (Wildman–Crippen MR) is 84.9 cm³/mol. The molecule has 0 spiro atoms. The Hall–Kier alpha value is -1.78. The fourth-order valence-corrected chi connectivity index (χ4v) is 2.23. The summed E-state index contributed by atoms with van der Waals surface area (Å²) < 4.78 is 18.3. The summed E-state index contributed by atoms with van der Waals surface area (Å²) in [6.45, 7) is 1.66. The van der Waals surface area contributed by atoms with Crippen LogP contribution in [0.4, 0.5) is 4.39 Å². The summed E-state index contributed by atoms with van der Waals surface area (Å²) >= 11 is 11.6. The first kappa shape index (κ1) is 16.6. The van der Waals surface area contributed by atoms with Gasteiger partial charge in [-0.25, -0.2) is 4.39 Å². The Labute approximate surface area is 138 Å². The van der Waals surface area contributed by atoms with Crippen LogP contribution in [-0.4, -0.2) is 12.5 Å². The van der Waals surface area contributed by atoms with Crippen LogP contribution >= 0.6 is 23.2 Å². The van der Waals surface area contributed by atoms with E-state index in [1.54, 1.807) is 12.1 Å². The van der Waals surface area contributed by atoms with Gasteiger partial charge in [0.15, 0.2) is 6.61 Å². The number of hydrogen-bond donors (Lipinski definition) is 1. The third-order valence-electron chi connectivity index (χ3n) is 2.99. The number of carbonyl (C=O) groups is 1. The molecule has 1 atom stereocenters. The SMILES string of the molecule is CC(NC(=O)COc1ccc(F)c(Cl)c1)c1cccc(Cl)c1. The van der Waals surface area contributed by atoms with Crippen LogP contribution in [0.5, 0.6) is 5.75 Å². The number of halogens is 3. The summed E-state index contributed by atoms with van der Waals surface area (Å²) in [5.41, 5.74) is 0.894. The van der Waals surface area contributed by atoms with Crippen LogP contribution in [0.15, 0.2) is 42.5 Å². The van der Waals surface area contributed by atoms with Crippen LogP contribution in [0.1, 0.15) is 18.5 Å². The lowest BCUT2D eigenvalue weighted by molar-refractivity contribution is -0.123. The van der Waals surface area contributed by atoms with Crippen molar-refractivity contribution >= 4 is 29.1 Å².